The van der Waals surface area contributed by atoms with Gasteiger partial charge in [-0.15, -0.1) is 11.3 Å². The molecule has 7 aromatic rings. The molecule has 0 fully saturated rings. The fraction of sp³-hybridized carbons (Fsp3) is 0.0294. The van der Waals surface area contributed by atoms with E-state index < -0.39 is 0 Å². The molecule has 0 aliphatic heterocycles. The van der Waals surface area contributed by atoms with Crippen LogP contribution >= 0.6 is 11.3 Å². The fourth-order valence-electron chi connectivity index (χ4n) is 5.90. The maximum atomic E-state index is 9.31. The average molecular weight is 502 g/mol. The molecule has 2 aromatic heterocycles. The van der Waals surface area contributed by atoms with Crippen molar-refractivity contribution in [2.24, 2.45) is 0 Å². The first-order valence-corrected chi connectivity index (χ1v) is 13.4. The van der Waals surface area contributed by atoms with Crippen molar-refractivity contribution in [1.82, 2.24) is 9.97 Å². The largest absolute Gasteiger partial charge is 0.232 e. The minimum Gasteiger partial charge on any atom is -0.232 e. The Labute approximate surface area is 223 Å². The van der Waals surface area contributed by atoms with Crippen molar-refractivity contribution in [3.8, 4) is 28.5 Å². The lowest BCUT2D eigenvalue weighted by atomic mass is 9.94. The lowest BCUT2D eigenvalue weighted by Crippen LogP contribution is -2.07. The summed E-state index contributed by atoms with van der Waals surface area (Å²) in [4.78, 5) is 10.5. The van der Waals surface area contributed by atoms with E-state index in [9.17, 15) is 5.26 Å². The van der Waals surface area contributed by atoms with E-state index in [1.54, 1.807) is 0 Å². The molecule has 4 heteroatoms. The number of aromatic nitrogens is 2. The van der Waals surface area contributed by atoms with Gasteiger partial charge in [0.2, 0.25) is 0 Å². The molecule has 0 saturated carbocycles. The SMILES string of the molecule is N#Cc1ccc(-c2nc(C3c4ccccc4-c4ccc5c(sc6ccccc65)c43)nc3ccccc23)cc1. The van der Waals surface area contributed by atoms with Crippen LogP contribution in [-0.2, 0) is 0 Å². The molecule has 0 saturated heterocycles. The first kappa shape index (κ1) is 21.3. The summed E-state index contributed by atoms with van der Waals surface area (Å²) in [6.45, 7) is 0. The van der Waals surface area contributed by atoms with Crippen LogP contribution in [0, 0.1) is 11.3 Å². The van der Waals surface area contributed by atoms with Gasteiger partial charge in [-0.1, -0.05) is 84.9 Å². The van der Waals surface area contributed by atoms with E-state index in [1.165, 1.54) is 42.4 Å². The molecule has 0 N–H and O–H groups in total. The number of hydrogen-bond donors (Lipinski definition) is 0. The van der Waals surface area contributed by atoms with Gasteiger partial charge in [0.05, 0.1) is 28.8 Å². The van der Waals surface area contributed by atoms with Gasteiger partial charge in [0.25, 0.3) is 0 Å². The van der Waals surface area contributed by atoms with Crippen LogP contribution < -0.4 is 0 Å². The first-order chi connectivity index (χ1) is 18.8. The molecule has 38 heavy (non-hydrogen) atoms. The number of nitrogens with zero attached hydrogens (tertiary/aromatic N) is 3. The van der Waals surface area contributed by atoms with Gasteiger partial charge >= 0.3 is 0 Å². The molecule has 8 rings (SSSR count). The van der Waals surface area contributed by atoms with Crippen LogP contribution in [0.2, 0.25) is 0 Å². The summed E-state index contributed by atoms with van der Waals surface area (Å²) in [6.07, 6.45) is 0. The molecule has 1 atom stereocenters. The number of rotatable bonds is 2. The molecule has 3 nitrogen and oxygen atoms in total. The number of benzene rings is 5. The predicted octanol–water partition coefficient (Wildman–Crippen LogP) is 8.70. The molecule has 1 aliphatic carbocycles. The molecule has 176 valence electrons. The average Bonchev–Trinajstić information content (AvgIpc) is 3.53. The zero-order valence-corrected chi connectivity index (χ0v) is 21.0. The third-order valence-electron chi connectivity index (χ3n) is 7.60. The van der Waals surface area contributed by atoms with E-state index in [4.69, 9.17) is 9.97 Å². The van der Waals surface area contributed by atoms with E-state index >= 15 is 0 Å². The standard InChI is InChI=1S/C34H19N3S/c35-19-20-13-15-21(16-14-20)32-27-10-3-5-11-28(27)36-34(37-32)31-24-9-2-1-7-22(24)25-17-18-26-23-8-4-6-12-29(23)38-33(26)30(25)31/h1-18,31H. The summed E-state index contributed by atoms with van der Waals surface area (Å²) in [6, 6.07) is 40.0. The van der Waals surface area contributed by atoms with Gasteiger partial charge in [-0.3, -0.25) is 0 Å². The number of nitriles is 1. The van der Waals surface area contributed by atoms with E-state index in [2.05, 4.69) is 78.9 Å². The van der Waals surface area contributed by atoms with Gasteiger partial charge in [-0.05, 0) is 46.5 Å². The Morgan fingerprint density at radius 2 is 1.42 bits per heavy atom. The zero-order valence-electron chi connectivity index (χ0n) is 20.2. The van der Waals surface area contributed by atoms with E-state index in [-0.39, 0.29) is 5.92 Å². The summed E-state index contributed by atoms with van der Waals surface area (Å²) in [5.74, 6) is 0.735. The second-order valence-corrected chi connectivity index (χ2v) is 10.7. The van der Waals surface area contributed by atoms with Crippen LogP contribution in [0.1, 0.15) is 28.4 Å². The Morgan fingerprint density at radius 1 is 0.658 bits per heavy atom. The van der Waals surface area contributed by atoms with Crippen LogP contribution in [0.4, 0.5) is 0 Å². The van der Waals surface area contributed by atoms with Gasteiger partial charge in [-0.25, -0.2) is 9.97 Å². The van der Waals surface area contributed by atoms with Crippen molar-refractivity contribution < 1.29 is 0 Å². The Hall–Kier alpha value is -4.85. The highest BCUT2D eigenvalue weighted by atomic mass is 32.1. The molecule has 0 spiro atoms. The number of thiophene rings is 1. The molecule has 1 unspecified atom stereocenters. The van der Waals surface area contributed by atoms with Gasteiger partial charge in [-0.2, -0.15) is 5.26 Å². The highest BCUT2D eigenvalue weighted by Gasteiger charge is 2.34. The fourth-order valence-corrected chi connectivity index (χ4v) is 7.18. The van der Waals surface area contributed by atoms with Gasteiger partial charge < -0.3 is 0 Å². The second-order valence-electron chi connectivity index (χ2n) is 9.66. The minimum atomic E-state index is -0.0697. The zero-order chi connectivity index (χ0) is 25.2. The molecule has 0 radical (unpaired) electrons. The number of hydrogen-bond acceptors (Lipinski definition) is 4. The van der Waals surface area contributed by atoms with Crippen LogP contribution in [-0.4, -0.2) is 9.97 Å². The Bertz CT molecular complexity index is 2100. The van der Waals surface area contributed by atoms with Crippen LogP contribution in [0.5, 0.6) is 0 Å². The molecule has 0 amide bonds. The number of fused-ring (bicyclic) bond motifs is 8. The summed E-state index contributed by atoms with van der Waals surface area (Å²) in [5.41, 5.74) is 8.49. The van der Waals surface area contributed by atoms with E-state index in [0.29, 0.717) is 5.56 Å². The highest BCUT2D eigenvalue weighted by molar-refractivity contribution is 7.26. The molecular formula is C34H19N3S. The summed E-state index contributed by atoms with van der Waals surface area (Å²) < 4.78 is 2.60. The maximum absolute atomic E-state index is 9.31. The lowest BCUT2D eigenvalue weighted by Gasteiger charge is -2.16. The Balaban J connectivity index is 1.44. The quantitative estimate of drug-likeness (QED) is 0.238. The molecule has 2 heterocycles. The normalized spacial score (nSPS) is 14.0. The van der Waals surface area contributed by atoms with Crippen LogP contribution in [0.3, 0.4) is 0 Å². The van der Waals surface area contributed by atoms with Crippen molar-refractivity contribution in [2.75, 3.05) is 0 Å². The number of para-hydroxylation sites is 1. The third kappa shape index (κ3) is 3.00. The molecule has 0 bridgehead atoms. The van der Waals surface area contributed by atoms with E-state index in [0.717, 1.165) is 28.0 Å². The van der Waals surface area contributed by atoms with Gasteiger partial charge in [0.15, 0.2) is 0 Å². The van der Waals surface area contributed by atoms with Gasteiger partial charge in [0, 0.05) is 31.1 Å². The minimum absolute atomic E-state index is 0.0697. The lowest BCUT2D eigenvalue weighted by molar-refractivity contribution is 0.898. The van der Waals surface area contributed by atoms with Gasteiger partial charge in [0.1, 0.15) is 5.82 Å². The second kappa shape index (κ2) is 8.08. The highest BCUT2D eigenvalue weighted by Crippen LogP contribution is 2.52. The van der Waals surface area contributed by atoms with E-state index in [1.807, 2.05) is 47.7 Å². The van der Waals surface area contributed by atoms with Crippen molar-refractivity contribution in [2.45, 2.75) is 5.92 Å². The molecular weight excluding hydrogens is 482 g/mol. The predicted molar refractivity (Wildman–Crippen MR) is 155 cm³/mol. The maximum Gasteiger partial charge on any atom is 0.141 e. The molecule has 1 aliphatic rings. The summed E-state index contributed by atoms with van der Waals surface area (Å²) >= 11 is 1.86. The first-order valence-electron chi connectivity index (χ1n) is 12.6. The van der Waals surface area contributed by atoms with Crippen molar-refractivity contribution in [1.29, 1.82) is 5.26 Å². The monoisotopic (exact) mass is 501 g/mol. The van der Waals surface area contributed by atoms with Crippen LogP contribution in [0.15, 0.2) is 109 Å². The van der Waals surface area contributed by atoms with Crippen molar-refractivity contribution in [3.63, 3.8) is 0 Å². The van der Waals surface area contributed by atoms with Crippen molar-refractivity contribution in [3.05, 3.63) is 132 Å². The topological polar surface area (TPSA) is 49.6 Å². The Kier molecular flexibility index (Phi) is 4.52. The third-order valence-corrected chi connectivity index (χ3v) is 8.82. The molecule has 5 aromatic carbocycles. The summed E-state index contributed by atoms with van der Waals surface area (Å²) in [5, 5.41) is 12.9. The van der Waals surface area contributed by atoms with Crippen molar-refractivity contribution >= 4 is 42.4 Å². The Morgan fingerprint density at radius 3 is 2.29 bits per heavy atom. The smallest absolute Gasteiger partial charge is 0.141 e. The van der Waals surface area contributed by atoms with Crippen LogP contribution in [0.25, 0.3) is 53.5 Å². The summed E-state index contributed by atoms with van der Waals surface area (Å²) in [7, 11) is 0.